The second-order valence-electron chi connectivity index (χ2n) is 6.01. The average Bonchev–Trinajstić information content (AvgIpc) is 3.05. The molecule has 0 amide bonds. The zero-order chi connectivity index (χ0) is 15.2. The minimum atomic E-state index is 0.664. The molecule has 0 spiro atoms. The molecular formula is C18H24N2O2. The number of hydrogen-bond donors (Lipinski definition) is 1. The van der Waals surface area contributed by atoms with Crippen LogP contribution in [0.4, 0.5) is 0 Å². The fourth-order valence-electron chi connectivity index (χ4n) is 3.05. The maximum Gasteiger partial charge on any atom is 0.226 e. The number of methoxy groups -OCH3 is 1. The molecule has 1 heterocycles. The maximum absolute atomic E-state index is 5.57. The fraction of sp³-hybridized carbons (Fsp3) is 0.500. The summed E-state index contributed by atoms with van der Waals surface area (Å²) in [5, 5.41) is 3.51. The number of rotatable bonds is 6. The van der Waals surface area contributed by atoms with E-state index in [0.29, 0.717) is 5.89 Å². The van der Waals surface area contributed by atoms with Crippen LogP contribution in [0.25, 0.3) is 11.5 Å². The van der Waals surface area contributed by atoms with Gasteiger partial charge in [0.2, 0.25) is 5.89 Å². The first-order chi connectivity index (χ1) is 10.8. The van der Waals surface area contributed by atoms with E-state index in [0.717, 1.165) is 36.0 Å². The molecule has 1 aliphatic carbocycles. The van der Waals surface area contributed by atoms with Crippen molar-refractivity contribution in [2.75, 3.05) is 13.7 Å². The predicted octanol–water partition coefficient (Wildman–Crippen LogP) is 4.02. The number of aromatic nitrogens is 1. The highest BCUT2D eigenvalue weighted by Gasteiger charge is 2.13. The van der Waals surface area contributed by atoms with Crippen molar-refractivity contribution in [2.24, 2.45) is 5.92 Å². The highest BCUT2D eigenvalue weighted by atomic mass is 16.5. The van der Waals surface area contributed by atoms with Gasteiger partial charge in [0.25, 0.3) is 0 Å². The second-order valence-corrected chi connectivity index (χ2v) is 6.01. The highest BCUT2D eigenvalue weighted by molar-refractivity contribution is 5.54. The zero-order valence-corrected chi connectivity index (χ0v) is 13.2. The molecule has 0 saturated heterocycles. The van der Waals surface area contributed by atoms with Gasteiger partial charge in [-0.25, -0.2) is 4.98 Å². The van der Waals surface area contributed by atoms with Gasteiger partial charge in [0.1, 0.15) is 12.0 Å². The smallest absolute Gasteiger partial charge is 0.226 e. The van der Waals surface area contributed by atoms with Crippen molar-refractivity contribution in [2.45, 2.75) is 38.6 Å². The number of benzene rings is 1. The largest absolute Gasteiger partial charge is 0.497 e. The molecular weight excluding hydrogens is 276 g/mol. The van der Waals surface area contributed by atoms with Gasteiger partial charge in [0, 0.05) is 12.1 Å². The highest BCUT2D eigenvalue weighted by Crippen LogP contribution is 2.23. The first-order valence-corrected chi connectivity index (χ1v) is 8.14. The van der Waals surface area contributed by atoms with Crippen LogP contribution < -0.4 is 10.1 Å². The van der Waals surface area contributed by atoms with Gasteiger partial charge in [-0.15, -0.1) is 0 Å². The van der Waals surface area contributed by atoms with Gasteiger partial charge in [0.15, 0.2) is 0 Å². The third-order valence-electron chi connectivity index (χ3n) is 4.35. The van der Waals surface area contributed by atoms with E-state index in [1.54, 1.807) is 13.4 Å². The van der Waals surface area contributed by atoms with Gasteiger partial charge in [0.05, 0.1) is 12.8 Å². The zero-order valence-electron chi connectivity index (χ0n) is 13.2. The lowest BCUT2D eigenvalue weighted by Gasteiger charge is -2.21. The minimum absolute atomic E-state index is 0.664. The molecule has 118 valence electrons. The minimum Gasteiger partial charge on any atom is -0.497 e. The van der Waals surface area contributed by atoms with E-state index in [4.69, 9.17) is 9.15 Å². The predicted molar refractivity (Wildman–Crippen MR) is 86.8 cm³/mol. The summed E-state index contributed by atoms with van der Waals surface area (Å²) in [6, 6.07) is 7.76. The van der Waals surface area contributed by atoms with Crippen LogP contribution in [-0.4, -0.2) is 18.6 Å². The number of nitrogens with zero attached hydrogens (tertiary/aromatic N) is 1. The summed E-state index contributed by atoms with van der Waals surface area (Å²) in [5.41, 5.74) is 1.93. The van der Waals surface area contributed by atoms with Crippen molar-refractivity contribution >= 4 is 0 Å². The summed E-state index contributed by atoms with van der Waals surface area (Å²) in [4.78, 5) is 4.55. The third kappa shape index (κ3) is 3.89. The van der Waals surface area contributed by atoms with Gasteiger partial charge in [-0.3, -0.25) is 0 Å². The van der Waals surface area contributed by atoms with Crippen LogP contribution in [-0.2, 0) is 6.54 Å². The third-order valence-corrected chi connectivity index (χ3v) is 4.35. The van der Waals surface area contributed by atoms with Gasteiger partial charge in [-0.2, -0.15) is 0 Å². The Morgan fingerprint density at radius 3 is 2.68 bits per heavy atom. The van der Waals surface area contributed by atoms with E-state index < -0.39 is 0 Å². The summed E-state index contributed by atoms with van der Waals surface area (Å²) in [5.74, 6) is 2.34. The topological polar surface area (TPSA) is 47.3 Å². The van der Waals surface area contributed by atoms with E-state index in [1.165, 1.54) is 32.1 Å². The van der Waals surface area contributed by atoms with Crippen molar-refractivity contribution in [1.29, 1.82) is 0 Å². The van der Waals surface area contributed by atoms with E-state index >= 15 is 0 Å². The normalized spacial score (nSPS) is 15.9. The van der Waals surface area contributed by atoms with Crippen molar-refractivity contribution in [1.82, 2.24) is 10.3 Å². The lowest BCUT2D eigenvalue weighted by atomic mass is 9.89. The molecule has 0 atom stereocenters. The van der Waals surface area contributed by atoms with Crippen molar-refractivity contribution in [3.63, 3.8) is 0 Å². The maximum atomic E-state index is 5.57. The molecule has 1 aromatic carbocycles. The Bertz CT molecular complexity index is 571. The number of nitrogens with one attached hydrogen (secondary N) is 1. The Hall–Kier alpha value is -1.81. The lowest BCUT2D eigenvalue weighted by molar-refractivity contribution is 0.341. The molecule has 1 aliphatic rings. The Labute approximate surface area is 131 Å². The molecule has 0 aliphatic heterocycles. The summed E-state index contributed by atoms with van der Waals surface area (Å²) in [6.45, 7) is 1.86. The van der Waals surface area contributed by atoms with Crippen LogP contribution in [0.1, 0.15) is 37.8 Å². The fourth-order valence-corrected chi connectivity index (χ4v) is 3.05. The molecule has 0 radical (unpaired) electrons. The first kappa shape index (κ1) is 15.1. The molecule has 3 rings (SSSR count). The van der Waals surface area contributed by atoms with E-state index in [9.17, 15) is 0 Å². The summed E-state index contributed by atoms with van der Waals surface area (Å²) in [7, 11) is 1.66. The van der Waals surface area contributed by atoms with E-state index in [-0.39, 0.29) is 0 Å². The summed E-state index contributed by atoms with van der Waals surface area (Å²) >= 11 is 0. The second kappa shape index (κ2) is 7.45. The van der Waals surface area contributed by atoms with Crippen LogP contribution >= 0.6 is 0 Å². The molecule has 4 nitrogen and oxygen atoms in total. The van der Waals surface area contributed by atoms with Gasteiger partial charge < -0.3 is 14.5 Å². The Morgan fingerprint density at radius 2 is 1.95 bits per heavy atom. The van der Waals surface area contributed by atoms with Crippen LogP contribution in [0.5, 0.6) is 5.75 Å². The van der Waals surface area contributed by atoms with Crippen LogP contribution in [0, 0.1) is 5.92 Å². The van der Waals surface area contributed by atoms with Gasteiger partial charge >= 0.3 is 0 Å². The Morgan fingerprint density at radius 1 is 1.18 bits per heavy atom. The number of oxazole rings is 1. The monoisotopic (exact) mass is 300 g/mol. The Balaban J connectivity index is 1.51. The summed E-state index contributed by atoms with van der Waals surface area (Å²) in [6.07, 6.45) is 8.65. The average molecular weight is 300 g/mol. The molecule has 2 aromatic rings. The van der Waals surface area contributed by atoms with Gasteiger partial charge in [-0.05, 0) is 49.6 Å². The molecule has 0 bridgehead atoms. The van der Waals surface area contributed by atoms with Crippen LogP contribution in [0.15, 0.2) is 34.9 Å². The molecule has 22 heavy (non-hydrogen) atoms. The van der Waals surface area contributed by atoms with Crippen molar-refractivity contribution in [3.8, 4) is 17.2 Å². The standard InChI is InChI=1S/C18H24N2O2/c1-21-17-9-7-15(8-10-17)18-20-16(13-22-18)12-19-11-14-5-3-2-4-6-14/h7-10,13-14,19H,2-6,11-12H2,1H3. The number of ether oxygens (including phenoxy) is 1. The van der Waals surface area contributed by atoms with Gasteiger partial charge in [-0.1, -0.05) is 19.3 Å². The van der Waals surface area contributed by atoms with E-state index in [1.807, 2.05) is 24.3 Å². The van der Waals surface area contributed by atoms with E-state index in [2.05, 4.69) is 10.3 Å². The first-order valence-electron chi connectivity index (χ1n) is 8.14. The number of hydrogen-bond acceptors (Lipinski definition) is 4. The van der Waals surface area contributed by atoms with Crippen LogP contribution in [0.3, 0.4) is 0 Å². The molecule has 1 saturated carbocycles. The summed E-state index contributed by atoms with van der Waals surface area (Å²) < 4.78 is 10.7. The van der Waals surface area contributed by atoms with Crippen molar-refractivity contribution < 1.29 is 9.15 Å². The van der Waals surface area contributed by atoms with Crippen LogP contribution in [0.2, 0.25) is 0 Å². The molecule has 4 heteroatoms. The lowest BCUT2D eigenvalue weighted by Crippen LogP contribution is -2.24. The Kier molecular flexibility index (Phi) is 5.11. The molecule has 1 N–H and O–H groups in total. The van der Waals surface area contributed by atoms with Crippen molar-refractivity contribution in [3.05, 3.63) is 36.2 Å². The quantitative estimate of drug-likeness (QED) is 0.875. The SMILES string of the molecule is COc1ccc(-c2nc(CNCC3CCCCC3)co2)cc1. The molecule has 1 fully saturated rings. The molecule has 1 aromatic heterocycles. The molecule has 0 unspecified atom stereocenters.